The van der Waals surface area contributed by atoms with E-state index in [1.807, 2.05) is 18.2 Å². The van der Waals surface area contributed by atoms with Crippen molar-refractivity contribution in [2.75, 3.05) is 31.1 Å². The Morgan fingerprint density at radius 2 is 1.78 bits per heavy atom. The summed E-state index contributed by atoms with van der Waals surface area (Å²) in [5, 5.41) is 14.0. The molecular formula is C17H24N4O2. The first-order chi connectivity index (χ1) is 11.1. The average molecular weight is 316 g/mol. The highest BCUT2D eigenvalue weighted by Crippen LogP contribution is 2.29. The van der Waals surface area contributed by atoms with E-state index in [9.17, 15) is 5.11 Å². The summed E-state index contributed by atoms with van der Waals surface area (Å²) in [5.74, 6) is 2.06. The van der Waals surface area contributed by atoms with Crippen molar-refractivity contribution in [1.29, 1.82) is 0 Å². The molecule has 1 aliphatic rings. The number of aromatic nitrogens is 2. The third-order valence-electron chi connectivity index (χ3n) is 4.42. The monoisotopic (exact) mass is 316 g/mol. The molecule has 0 saturated carbocycles. The van der Waals surface area contributed by atoms with E-state index < -0.39 is 0 Å². The van der Waals surface area contributed by atoms with Gasteiger partial charge in [-0.25, -0.2) is 0 Å². The second-order valence-corrected chi connectivity index (χ2v) is 6.33. The van der Waals surface area contributed by atoms with Gasteiger partial charge in [-0.15, -0.1) is 0 Å². The van der Waals surface area contributed by atoms with Gasteiger partial charge in [0, 0.05) is 32.1 Å². The van der Waals surface area contributed by atoms with Crippen molar-refractivity contribution >= 4 is 5.69 Å². The van der Waals surface area contributed by atoms with Crippen LogP contribution in [0.25, 0.3) is 0 Å². The summed E-state index contributed by atoms with van der Waals surface area (Å²) in [6.45, 7) is 9.76. The minimum absolute atomic E-state index is 0.113. The highest BCUT2D eigenvalue weighted by atomic mass is 16.5. The summed E-state index contributed by atoms with van der Waals surface area (Å²) in [6.07, 6.45) is 0. The van der Waals surface area contributed by atoms with Gasteiger partial charge in [0.2, 0.25) is 5.89 Å². The smallest absolute Gasteiger partial charge is 0.243 e. The number of aromatic hydroxyl groups is 1. The van der Waals surface area contributed by atoms with E-state index in [0.29, 0.717) is 11.6 Å². The number of phenols is 1. The second-order valence-electron chi connectivity index (χ2n) is 6.33. The number of rotatable bonds is 4. The van der Waals surface area contributed by atoms with Crippen molar-refractivity contribution in [2.24, 2.45) is 0 Å². The summed E-state index contributed by atoms with van der Waals surface area (Å²) >= 11 is 0. The van der Waals surface area contributed by atoms with E-state index >= 15 is 0 Å². The first-order valence-corrected chi connectivity index (χ1v) is 8.16. The molecule has 0 radical (unpaired) electrons. The maximum Gasteiger partial charge on any atom is 0.243 e. The Morgan fingerprint density at radius 3 is 2.39 bits per heavy atom. The summed E-state index contributed by atoms with van der Waals surface area (Å²) in [6, 6.07) is 7.61. The van der Waals surface area contributed by atoms with Gasteiger partial charge in [0.1, 0.15) is 5.75 Å². The Labute approximate surface area is 136 Å². The molecule has 2 aromatic rings. The number of nitrogens with zero attached hydrogens (tertiary/aromatic N) is 4. The first-order valence-electron chi connectivity index (χ1n) is 8.16. The van der Waals surface area contributed by atoms with Crippen molar-refractivity contribution in [3.05, 3.63) is 36.0 Å². The maximum absolute atomic E-state index is 9.98. The number of benzene rings is 1. The molecule has 0 bridgehead atoms. The topological polar surface area (TPSA) is 65.6 Å². The van der Waals surface area contributed by atoms with E-state index in [0.717, 1.165) is 37.7 Å². The van der Waals surface area contributed by atoms with Crippen LogP contribution in [-0.2, 0) is 0 Å². The van der Waals surface area contributed by atoms with Crippen LogP contribution in [-0.4, -0.2) is 46.3 Å². The molecule has 6 nitrogen and oxygen atoms in total. The molecular weight excluding hydrogens is 292 g/mol. The molecule has 1 fully saturated rings. The lowest BCUT2D eigenvalue weighted by molar-refractivity contribution is 0.164. The summed E-state index contributed by atoms with van der Waals surface area (Å²) in [4.78, 5) is 9.06. The van der Waals surface area contributed by atoms with Gasteiger partial charge in [0.25, 0.3) is 0 Å². The normalized spacial score (nSPS) is 17.7. The fourth-order valence-corrected chi connectivity index (χ4v) is 2.89. The van der Waals surface area contributed by atoms with Crippen LogP contribution in [0.5, 0.6) is 5.75 Å². The Morgan fingerprint density at radius 1 is 1.09 bits per heavy atom. The highest BCUT2D eigenvalue weighted by Gasteiger charge is 2.26. The lowest BCUT2D eigenvalue weighted by atomic mass is 10.2. The molecule has 1 N–H and O–H groups in total. The SMILES string of the molecule is CC(C)c1noc([C@@H](C)N2CCN(c3ccccc3O)CC2)n1. The van der Waals surface area contributed by atoms with E-state index in [-0.39, 0.29) is 12.0 Å². The van der Waals surface area contributed by atoms with Crippen molar-refractivity contribution in [3.63, 3.8) is 0 Å². The number of phenolic OH excluding ortho intramolecular Hbond substituents is 1. The van der Waals surface area contributed by atoms with Crippen LogP contribution < -0.4 is 4.90 Å². The standard InChI is InChI=1S/C17H24N4O2/c1-12(2)16-18-17(23-19-16)13(3)20-8-10-21(11-9-20)14-6-4-5-7-15(14)22/h4-7,12-13,22H,8-11H2,1-3H3/t13-/m1/s1. The van der Waals surface area contributed by atoms with Gasteiger partial charge >= 0.3 is 0 Å². The van der Waals surface area contributed by atoms with Gasteiger partial charge in [0.05, 0.1) is 11.7 Å². The van der Waals surface area contributed by atoms with E-state index in [1.54, 1.807) is 6.07 Å². The highest BCUT2D eigenvalue weighted by molar-refractivity contribution is 5.57. The van der Waals surface area contributed by atoms with Crippen LogP contribution in [0.4, 0.5) is 5.69 Å². The van der Waals surface area contributed by atoms with Crippen molar-refractivity contribution < 1.29 is 9.63 Å². The van der Waals surface area contributed by atoms with Crippen molar-refractivity contribution in [3.8, 4) is 5.75 Å². The summed E-state index contributed by atoms with van der Waals surface area (Å²) in [7, 11) is 0. The molecule has 0 aliphatic carbocycles. The average Bonchev–Trinajstić information content (AvgIpc) is 3.05. The number of anilines is 1. The van der Waals surface area contributed by atoms with Crippen LogP contribution in [0.1, 0.15) is 44.4 Å². The zero-order valence-corrected chi connectivity index (χ0v) is 13.9. The molecule has 1 saturated heterocycles. The molecule has 124 valence electrons. The van der Waals surface area contributed by atoms with Crippen molar-refractivity contribution in [1.82, 2.24) is 15.0 Å². The molecule has 23 heavy (non-hydrogen) atoms. The maximum atomic E-state index is 9.98. The van der Waals surface area contributed by atoms with Gasteiger partial charge in [-0.2, -0.15) is 4.98 Å². The van der Waals surface area contributed by atoms with Gasteiger partial charge < -0.3 is 14.5 Å². The Kier molecular flexibility index (Phi) is 4.52. The predicted molar refractivity (Wildman–Crippen MR) is 88.7 cm³/mol. The lowest BCUT2D eigenvalue weighted by Gasteiger charge is -2.38. The zero-order valence-electron chi connectivity index (χ0n) is 13.9. The molecule has 1 aromatic carbocycles. The fraction of sp³-hybridized carbons (Fsp3) is 0.529. The molecule has 0 amide bonds. The molecule has 2 heterocycles. The molecule has 3 rings (SSSR count). The Balaban J connectivity index is 1.63. The molecule has 0 unspecified atom stereocenters. The molecule has 1 aliphatic heterocycles. The van der Waals surface area contributed by atoms with E-state index in [4.69, 9.17) is 4.52 Å². The zero-order chi connectivity index (χ0) is 16.4. The van der Waals surface area contributed by atoms with Gasteiger partial charge in [-0.3, -0.25) is 4.90 Å². The van der Waals surface area contributed by atoms with Gasteiger partial charge in [-0.05, 0) is 19.1 Å². The minimum Gasteiger partial charge on any atom is -0.506 e. The Hall–Kier alpha value is -2.08. The largest absolute Gasteiger partial charge is 0.506 e. The Bertz CT molecular complexity index is 648. The lowest BCUT2D eigenvalue weighted by Crippen LogP contribution is -2.47. The van der Waals surface area contributed by atoms with E-state index in [1.165, 1.54) is 0 Å². The van der Waals surface area contributed by atoms with Crippen molar-refractivity contribution in [2.45, 2.75) is 32.7 Å². The second kappa shape index (κ2) is 6.58. The summed E-state index contributed by atoms with van der Waals surface area (Å²) < 4.78 is 5.42. The van der Waals surface area contributed by atoms with Crippen LogP contribution >= 0.6 is 0 Å². The van der Waals surface area contributed by atoms with Crippen LogP contribution in [0.2, 0.25) is 0 Å². The van der Waals surface area contributed by atoms with Crippen LogP contribution in [0.15, 0.2) is 28.8 Å². The molecule has 0 spiro atoms. The van der Waals surface area contributed by atoms with Crippen LogP contribution in [0, 0.1) is 0 Å². The number of hydrogen-bond acceptors (Lipinski definition) is 6. The minimum atomic E-state index is 0.113. The number of piperazine rings is 1. The quantitative estimate of drug-likeness (QED) is 0.935. The predicted octanol–water partition coefficient (Wildman–Crippen LogP) is 2.78. The van der Waals surface area contributed by atoms with Gasteiger partial charge in [-0.1, -0.05) is 31.1 Å². The van der Waals surface area contributed by atoms with Crippen LogP contribution in [0.3, 0.4) is 0 Å². The fourth-order valence-electron chi connectivity index (χ4n) is 2.89. The molecule has 1 aromatic heterocycles. The molecule has 1 atom stereocenters. The third kappa shape index (κ3) is 3.32. The van der Waals surface area contributed by atoms with E-state index in [2.05, 4.69) is 40.7 Å². The third-order valence-corrected chi connectivity index (χ3v) is 4.42. The first kappa shape index (κ1) is 15.8. The summed E-state index contributed by atoms with van der Waals surface area (Å²) in [5.41, 5.74) is 0.902. The number of para-hydroxylation sites is 2. The number of hydrogen-bond donors (Lipinski definition) is 1. The molecule has 6 heteroatoms. The van der Waals surface area contributed by atoms with Gasteiger partial charge in [0.15, 0.2) is 5.82 Å².